The van der Waals surface area contributed by atoms with E-state index < -0.39 is 0 Å². The Morgan fingerprint density at radius 2 is 1.86 bits per heavy atom. The summed E-state index contributed by atoms with van der Waals surface area (Å²) >= 11 is 19.7. The van der Waals surface area contributed by atoms with Crippen molar-refractivity contribution in [1.82, 2.24) is 0 Å². The van der Waals surface area contributed by atoms with Crippen LogP contribution in [0.3, 0.4) is 0 Å². The van der Waals surface area contributed by atoms with Crippen LogP contribution < -0.4 is 5.32 Å². The molecule has 0 saturated heterocycles. The van der Waals surface area contributed by atoms with Crippen LogP contribution in [0, 0.1) is 6.92 Å². The molecule has 0 radical (unpaired) electrons. The van der Waals surface area contributed by atoms with Gasteiger partial charge in [-0.1, -0.05) is 46.9 Å². The Balaban J connectivity index is 1.94. The standard InChI is InChI=1S/C16H10Cl3NOS/c1-8-2-4-10(7-12(8)18)20-16(21)15-14(19)11-5-3-9(17)6-13(11)22-15/h2-7H,1H3,(H,20,21). The summed E-state index contributed by atoms with van der Waals surface area (Å²) in [5.74, 6) is -0.262. The van der Waals surface area contributed by atoms with E-state index in [0.29, 0.717) is 25.6 Å². The molecule has 22 heavy (non-hydrogen) atoms. The summed E-state index contributed by atoms with van der Waals surface area (Å²) in [4.78, 5) is 12.9. The van der Waals surface area contributed by atoms with Crippen LogP contribution in [0.4, 0.5) is 5.69 Å². The zero-order chi connectivity index (χ0) is 15.9. The third-order valence-corrected chi connectivity index (χ3v) is 5.53. The molecule has 0 aliphatic carbocycles. The molecule has 0 saturated carbocycles. The van der Waals surface area contributed by atoms with Crippen LogP contribution in [0.25, 0.3) is 10.1 Å². The van der Waals surface area contributed by atoms with Crippen LogP contribution in [0.2, 0.25) is 15.1 Å². The minimum atomic E-state index is -0.262. The summed E-state index contributed by atoms with van der Waals surface area (Å²) in [5, 5.41) is 5.29. The SMILES string of the molecule is Cc1ccc(NC(=O)c2sc3cc(Cl)ccc3c2Cl)cc1Cl. The van der Waals surface area contributed by atoms with Gasteiger partial charge in [0.1, 0.15) is 4.88 Å². The van der Waals surface area contributed by atoms with Gasteiger partial charge in [0.25, 0.3) is 5.91 Å². The smallest absolute Gasteiger partial charge is 0.267 e. The van der Waals surface area contributed by atoms with Gasteiger partial charge in [-0.15, -0.1) is 11.3 Å². The summed E-state index contributed by atoms with van der Waals surface area (Å²) in [5.41, 5.74) is 1.58. The number of anilines is 1. The second kappa shape index (κ2) is 6.09. The number of carbonyl (C=O) groups excluding carboxylic acids is 1. The lowest BCUT2D eigenvalue weighted by Crippen LogP contribution is -2.10. The second-order valence-corrected chi connectivity index (χ2v) is 7.08. The van der Waals surface area contributed by atoms with E-state index in [2.05, 4.69) is 5.32 Å². The van der Waals surface area contributed by atoms with Gasteiger partial charge in [-0.3, -0.25) is 4.79 Å². The van der Waals surface area contributed by atoms with Gasteiger partial charge in [0.2, 0.25) is 0 Å². The molecule has 1 aromatic heterocycles. The zero-order valence-electron chi connectivity index (χ0n) is 11.4. The van der Waals surface area contributed by atoms with Crippen molar-refractivity contribution in [3.8, 4) is 0 Å². The molecule has 2 nitrogen and oxygen atoms in total. The van der Waals surface area contributed by atoms with Crippen molar-refractivity contribution in [2.45, 2.75) is 6.92 Å². The lowest BCUT2D eigenvalue weighted by atomic mass is 10.2. The number of carbonyl (C=O) groups is 1. The molecule has 0 unspecified atom stereocenters. The fourth-order valence-electron chi connectivity index (χ4n) is 2.04. The second-order valence-electron chi connectivity index (χ2n) is 4.80. The van der Waals surface area contributed by atoms with Crippen molar-refractivity contribution in [2.24, 2.45) is 0 Å². The maximum absolute atomic E-state index is 12.4. The Bertz CT molecular complexity index is 888. The van der Waals surface area contributed by atoms with Crippen LogP contribution in [0.1, 0.15) is 15.2 Å². The number of aryl methyl sites for hydroxylation is 1. The number of halogens is 3. The number of fused-ring (bicyclic) bond motifs is 1. The Morgan fingerprint density at radius 1 is 1.09 bits per heavy atom. The average Bonchev–Trinajstić information content (AvgIpc) is 2.79. The van der Waals surface area contributed by atoms with E-state index in [1.54, 1.807) is 24.3 Å². The maximum Gasteiger partial charge on any atom is 0.267 e. The molecule has 0 aliphatic heterocycles. The Kier molecular flexibility index (Phi) is 4.33. The van der Waals surface area contributed by atoms with Crippen molar-refractivity contribution in [2.75, 3.05) is 5.32 Å². The number of benzene rings is 2. The van der Waals surface area contributed by atoms with Crippen molar-refractivity contribution in [1.29, 1.82) is 0 Å². The van der Waals surface area contributed by atoms with Crippen LogP contribution >= 0.6 is 46.1 Å². The van der Waals surface area contributed by atoms with E-state index >= 15 is 0 Å². The Labute approximate surface area is 146 Å². The summed E-state index contributed by atoms with van der Waals surface area (Å²) in [7, 11) is 0. The van der Waals surface area contributed by atoms with Gasteiger partial charge in [0, 0.05) is 25.8 Å². The van der Waals surface area contributed by atoms with Gasteiger partial charge in [0.05, 0.1) is 5.02 Å². The number of hydrogen-bond acceptors (Lipinski definition) is 2. The third-order valence-electron chi connectivity index (χ3n) is 3.23. The lowest BCUT2D eigenvalue weighted by Gasteiger charge is -2.06. The summed E-state index contributed by atoms with van der Waals surface area (Å²) in [6, 6.07) is 10.7. The number of thiophene rings is 1. The first-order chi connectivity index (χ1) is 10.5. The maximum atomic E-state index is 12.4. The molecule has 1 amide bonds. The predicted molar refractivity (Wildman–Crippen MR) is 96.0 cm³/mol. The molecule has 2 aromatic carbocycles. The first-order valence-corrected chi connectivity index (χ1v) is 8.36. The van der Waals surface area contributed by atoms with E-state index in [9.17, 15) is 4.79 Å². The van der Waals surface area contributed by atoms with E-state index in [4.69, 9.17) is 34.8 Å². The minimum Gasteiger partial charge on any atom is -0.321 e. The van der Waals surface area contributed by atoms with E-state index in [1.807, 2.05) is 19.1 Å². The lowest BCUT2D eigenvalue weighted by molar-refractivity contribution is 0.103. The minimum absolute atomic E-state index is 0.262. The van der Waals surface area contributed by atoms with Gasteiger partial charge in [-0.2, -0.15) is 0 Å². The largest absolute Gasteiger partial charge is 0.321 e. The summed E-state index contributed by atoms with van der Waals surface area (Å²) in [6.45, 7) is 1.90. The van der Waals surface area contributed by atoms with Gasteiger partial charge in [-0.25, -0.2) is 0 Å². The fourth-order valence-corrected chi connectivity index (χ4v) is 3.91. The highest BCUT2D eigenvalue weighted by molar-refractivity contribution is 7.21. The zero-order valence-corrected chi connectivity index (χ0v) is 14.5. The predicted octanol–water partition coefficient (Wildman–Crippen LogP) is 6.42. The Hall–Kier alpha value is -1.26. The monoisotopic (exact) mass is 369 g/mol. The molecule has 0 atom stereocenters. The summed E-state index contributed by atoms with van der Waals surface area (Å²) in [6.07, 6.45) is 0. The van der Waals surface area contributed by atoms with Gasteiger partial charge >= 0.3 is 0 Å². The molecule has 112 valence electrons. The first-order valence-electron chi connectivity index (χ1n) is 6.41. The van der Waals surface area contributed by atoms with Crippen molar-refractivity contribution >= 4 is 67.8 Å². The number of hydrogen-bond donors (Lipinski definition) is 1. The van der Waals surface area contributed by atoms with Gasteiger partial charge in [-0.05, 0) is 36.8 Å². The van der Waals surface area contributed by atoms with Crippen LogP contribution in [-0.2, 0) is 0 Å². The molecule has 0 bridgehead atoms. The molecule has 0 aliphatic rings. The highest BCUT2D eigenvalue weighted by atomic mass is 35.5. The molecular formula is C16H10Cl3NOS. The van der Waals surface area contributed by atoms with E-state index in [-0.39, 0.29) is 5.91 Å². The number of amides is 1. The van der Waals surface area contributed by atoms with Gasteiger partial charge in [0.15, 0.2) is 0 Å². The fraction of sp³-hybridized carbons (Fsp3) is 0.0625. The third kappa shape index (κ3) is 2.95. The van der Waals surface area contributed by atoms with E-state index in [0.717, 1.165) is 15.6 Å². The number of rotatable bonds is 2. The highest BCUT2D eigenvalue weighted by Gasteiger charge is 2.17. The topological polar surface area (TPSA) is 29.1 Å². The van der Waals surface area contributed by atoms with Crippen molar-refractivity contribution < 1.29 is 4.79 Å². The van der Waals surface area contributed by atoms with Crippen LogP contribution in [-0.4, -0.2) is 5.91 Å². The molecule has 0 fully saturated rings. The average molecular weight is 371 g/mol. The molecular weight excluding hydrogens is 361 g/mol. The van der Waals surface area contributed by atoms with Crippen LogP contribution in [0.5, 0.6) is 0 Å². The number of nitrogens with one attached hydrogen (secondary N) is 1. The normalized spacial score (nSPS) is 10.9. The molecule has 3 aromatic rings. The van der Waals surface area contributed by atoms with Gasteiger partial charge < -0.3 is 5.32 Å². The summed E-state index contributed by atoms with van der Waals surface area (Å²) < 4.78 is 0.879. The van der Waals surface area contributed by atoms with E-state index in [1.165, 1.54) is 11.3 Å². The molecule has 3 rings (SSSR count). The first kappa shape index (κ1) is 15.6. The molecule has 1 heterocycles. The van der Waals surface area contributed by atoms with Crippen molar-refractivity contribution in [3.63, 3.8) is 0 Å². The molecule has 0 spiro atoms. The molecule has 6 heteroatoms. The highest BCUT2D eigenvalue weighted by Crippen LogP contribution is 2.37. The Morgan fingerprint density at radius 3 is 2.59 bits per heavy atom. The van der Waals surface area contributed by atoms with Crippen LogP contribution in [0.15, 0.2) is 36.4 Å². The molecule has 1 N–H and O–H groups in total. The van der Waals surface area contributed by atoms with Crippen molar-refractivity contribution in [3.05, 3.63) is 61.9 Å². The quantitative estimate of drug-likeness (QED) is 0.554.